The lowest BCUT2D eigenvalue weighted by molar-refractivity contribution is -0.128. The summed E-state index contributed by atoms with van der Waals surface area (Å²) in [6, 6.07) is 6.15. The Labute approximate surface area is 141 Å². The van der Waals surface area contributed by atoms with E-state index in [2.05, 4.69) is 21.6 Å². The number of hydrogen-bond acceptors (Lipinski definition) is 5. The van der Waals surface area contributed by atoms with Crippen LogP contribution >= 0.6 is 11.8 Å². The first-order chi connectivity index (χ1) is 10.8. The van der Waals surface area contributed by atoms with Crippen molar-refractivity contribution in [1.82, 2.24) is 25.1 Å². The number of carbonyl (C=O) groups excluding carboxylic acids is 1. The second-order valence-electron chi connectivity index (χ2n) is 6.18. The Balaban J connectivity index is 2.37. The SMILES string of the molecule is Cc1ccc(C)c(-n2nnnc2S[C@H](C(=O)N(C)C)C(C)C)c1. The van der Waals surface area contributed by atoms with E-state index in [9.17, 15) is 4.79 Å². The molecule has 0 aliphatic heterocycles. The van der Waals surface area contributed by atoms with Crippen molar-refractivity contribution in [2.45, 2.75) is 38.1 Å². The fourth-order valence-corrected chi connectivity index (χ4v) is 3.32. The molecule has 1 aromatic heterocycles. The first kappa shape index (κ1) is 17.5. The van der Waals surface area contributed by atoms with Gasteiger partial charge < -0.3 is 4.90 Å². The number of thioether (sulfide) groups is 1. The van der Waals surface area contributed by atoms with Gasteiger partial charge in [0.2, 0.25) is 11.1 Å². The van der Waals surface area contributed by atoms with E-state index in [0.717, 1.165) is 16.8 Å². The molecular weight excluding hydrogens is 310 g/mol. The van der Waals surface area contributed by atoms with Crippen LogP contribution in [0.15, 0.2) is 23.4 Å². The van der Waals surface area contributed by atoms with Crippen LogP contribution in [0.2, 0.25) is 0 Å². The van der Waals surface area contributed by atoms with Crippen molar-refractivity contribution in [3.8, 4) is 5.69 Å². The molecule has 1 atom stereocenters. The maximum atomic E-state index is 12.4. The van der Waals surface area contributed by atoms with Gasteiger partial charge in [-0.3, -0.25) is 4.79 Å². The van der Waals surface area contributed by atoms with Crippen molar-refractivity contribution >= 4 is 17.7 Å². The van der Waals surface area contributed by atoms with Gasteiger partial charge in [-0.1, -0.05) is 37.7 Å². The van der Waals surface area contributed by atoms with Crippen molar-refractivity contribution in [2.24, 2.45) is 5.92 Å². The Morgan fingerprint density at radius 3 is 2.57 bits per heavy atom. The van der Waals surface area contributed by atoms with Gasteiger partial charge in [0.15, 0.2) is 0 Å². The summed E-state index contributed by atoms with van der Waals surface area (Å²) in [7, 11) is 3.54. The highest BCUT2D eigenvalue weighted by molar-refractivity contribution is 8.00. The molecule has 1 aromatic carbocycles. The summed E-state index contributed by atoms with van der Waals surface area (Å²) in [6.45, 7) is 8.12. The zero-order chi connectivity index (χ0) is 17.1. The molecule has 1 heterocycles. The van der Waals surface area contributed by atoms with Crippen LogP contribution in [0.25, 0.3) is 5.69 Å². The van der Waals surface area contributed by atoms with Crippen LogP contribution in [-0.2, 0) is 4.79 Å². The highest BCUT2D eigenvalue weighted by Crippen LogP contribution is 2.29. The Morgan fingerprint density at radius 1 is 1.26 bits per heavy atom. The molecule has 124 valence electrons. The number of rotatable bonds is 5. The lowest BCUT2D eigenvalue weighted by Crippen LogP contribution is -2.35. The lowest BCUT2D eigenvalue weighted by Gasteiger charge is -2.22. The zero-order valence-corrected chi connectivity index (χ0v) is 15.3. The number of tetrazole rings is 1. The van der Waals surface area contributed by atoms with E-state index in [4.69, 9.17) is 0 Å². The summed E-state index contributed by atoms with van der Waals surface area (Å²) in [6.07, 6.45) is 0. The minimum atomic E-state index is -0.222. The Morgan fingerprint density at radius 2 is 1.96 bits per heavy atom. The number of benzene rings is 1. The van der Waals surface area contributed by atoms with Crippen LogP contribution in [0, 0.1) is 19.8 Å². The van der Waals surface area contributed by atoms with E-state index in [1.54, 1.807) is 23.7 Å². The molecule has 7 heteroatoms. The summed E-state index contributed by atoms with van der Waals surface area (Å²) in [5.41, 5.74) is 3.17. The van der Waals surface area contributed by atoms with E-state index < -0.39 is 0 Å². The molecule has 0 saturated heterocycles. The molecule has 0 spiro atoms. The van der Waals surface area contributed by atoms with E-state index in [1.165, 1.54) is 11.8 Å². The van der Waals surface area contributed by atoms with Crippen molar-refractivity contribution in [1.29, 1.82) is 0 Å². The van der Waals surface area contributed by atoms with Crippen LogP contribution in [0.3, 0.4) is 0 Å². The van der Waals surface area contributed by atoms with E-state index >= 15 is 0 Å². The average Bonchev–Trinajstić information content (AvgIpc) is 2.94. The minimum absolute atomic E-state index is 0.0699. The number of nitrogens with zero attached hydrogens (tertiary/aromatic N) is 5. The molecule has 23 heavy (non-hydrogen) atoms. The normalized spacial score (nSPS) is 12.5. The first-order valence-corrected chi connectivity index (χ1v) is 8.43. The molecule has 6 nitrogen and oxygen atoms in total. The quantitative estimate of drug-likeness (QED) is 0.787. The fourth-order valence-electron chi connectivity index (χ4n) is 2.19. The van der Waals surface area contributed by atoms with Crippen LogP contribution < -0.4 is 0 Å². The lowest BCUT2D eigenvalue weighted by atomic mass is 10.1. The maximum Gasteiger partial charge on any atom is 0.235 e. The Bertz CT molecular complexity index is 696. The standard InChI is InChI=1S/C16H23N5OS/c1-10(2)14(15(22)20(5)6)23-16-17-18-19-21(16)13-9-11(3)7-8-12(13)4/h7-10,14H,1-6H3/t14-/m0/s1. The predicted molar refractivity (Wildman–Crippen MR) is 91.8 cm³/mol. The molecule has 0 fully saturated rings. The van der Waals surface area contributed by atoms with Crippen molar-refractivity contribution in [2.75, 3.05) is 14.1 Å². The van der Waals surface area contributed by atoms with E-state index in [-0.39, 0.29) is 17.1 Å². The largest absolute Gasteiger partial charge is 0.348 e. The van der Waals surface area contributed by atoms with Gasteiger partial charge in [-0.2, -0.15) is 4.68 Å². The molecular formula is C16H23N5OS. The van der Waals surface area contributed by atoms with Gasteiger partial charge in [-0.15, -0.1) is 5.10 Å². The van der Waals surface area contributed by atoms with Gasteiger partial charge in [-0.05, 0) is 47.4 Å². The third-order valence-corrected chi connectivity index (χ3v) is 5.02. The van der Waals surface area contributed by atoms with Gasteiger partial charge in [-0.25, -0.2) is 0 Å². The molecule has 0 N–H and O–H groups in total. The highest BCUT2D eigenvalue weighted by atomic mass is 32.2. The minimum Gasteiger partial charge on any atom is -0.348 e. The van der Waals surface area contributed by atoms with Crippen LogP contribution in [0.1, 0.15) is 25.0 Å². The number of carbonyl (C=O) groups is 1. The predicted octanol–water partition coefficient (Wildman–Crippen LogP) is 2.48. The van der Waals surface area contributed by atoms with Gasteiger partial charge >= 0.3 is 0 Å². The average molecular weight is 333 g/mol. The summed E-state index contributed by atoms with van der Waals surface area (Å²) in [5, 5.41) is 12.4. The molecule has 2 rings (SSSR count). The molecule has 0 saturated carbocycles. The smallest absolute Gasteiger partial charge is 0.235 e. The van der Waals surface area contributed by atoms with Crippen LogP contribution in [0.5, 0.6) is 0 Å². The third kappa shape index (κ3) is 3.90. The van der Waals surface area contributed by atoms with Crippen LogP contribution in [0.4, 0.5) is 0 Å². The van der Waals surface area contributed by atoms with Crippen molar-refractivity contribution < 1.29 is 4.79 Å². The zero-order valence-electron chi connectivity index (χ0n) is 14.4. The summed E-state index contributed by atoms with van der Waals surface area (Å²) in [4.78, 5) is 14.0. The van der Waals surface area contributed by atoms with E-state index in [0.29, 0.717) is 5.16 Å². The molecule has 0 bridgehead atoms. The summed E-state index contributed by atoms with van der Waals surface area (Å²) in [5.74, 6) is 0.249. The van der Waals surface area contributed by atoms with Crippen LogP contribution in [-0.4, -0.2) is 50.4 Å². The van der Waals surface area contributed by atoms with Crippen molar-refractivity contribution in [3.63, 3.8) is 0 Å². The fraction of sp³-hybridized carbons (Fsp3) is 0.500. The Kier molecular flexibility index (Phi) is 5.41. The second-order valence-corrected chi connectivity index (χ2v) is 7.29. The highest BCUT2D eigenvalue weighted by Gasteiger charge is 2.27. The molecule has 0 aliphatic rings. The summed E-state index contributed by atoms with van der Waals surface area (Å²) < 4.78 is 1.71. The van der Waals surface area contributed by atoms with Crippen molar-refractivity contribution in [3.05, 3.63) is 29.3 Å². The third-order valence-electron chi connectivity index (χ3n) is 3.56. The van der Waals surface area contributed by atoms with Gasteiger partial charge in [0, 0.05) is 14.1 Å². The van der Waals surface area contributed by atoms with Gasteiger partial charge in [0.25, 0.3) is 0 Å². The first-order valence-electron chi connectivity index (χ1n) is 7.55. The van der Waals surface area contributed by atoms with Gasteiger partial charge in [0.1, 0.15) is 0 Å². The number of hydrogen-bond donors (Lipinski definition) is 0. The molecule has 0 aliphatic carbocycles. The number of amides is 1. The molecule has 2 aromatic rings. The molecule has 0 radical (unpaired) electrons. The molecule has 1 amide bonds. The monoisotopic (exact) mass is 333 g/mol. The number of aryl methyl sites for hydroxylation is 2. The maximum absolute atomic E-state index is 12.4. The second kappa shape index (κ2) is 7.12. The Hall–Kier alpha value is -1.89. The number of aromatic nitrogens is 4. The topological polar surface area (TPSA) is 63.9 Å². The molecule has 0 unspecified atom stereocenters. The summed E-state index contributed by atoms with van der Waals surface area (Å²) >= 11 is 1.41. The van der Waals surface area contributed by atoms with Gasteiger partial charge in [0.05, 0.1) is 10.9 Å². The van der Waals surface area contributed by atoms with E-state index in [1.807, 2.05) is 39.8 Å².